The molecule has 0 radical (unpaired) electrons. The summed E-state index contributed by atoms with van der Waals surface area (Å²) < 4.78 is 0. The number of rotatable bonds is 3. The number of nitrogens with one attached hydrogen (secondary N) is 1. The molecule has 0 saturated carbocycles. The monoisotopic (exact) mass is 282 g/mol. The average molecular weight is 282 g/mol. The highest BCUT2D eigenvalue weighted by atomic mass is 16.3. The van der Waals surface area contributed by atoms with E-state index in [2.05, 4.69) is 5.32 Å². The van der Waals surface area contributed by atoms with Crippen LogP contribution in [0.25, 0.3) is 0 Å². The Hall–Kier alpha value is -2.82. The zero-order chi connectivity index (χ0) is 14.8. The lowest BCUT2D eigenvalue weighted by molar-refractivity contribution is -0.121. The number of carbonyl (C=O) groups is 2. The van der Waals surface area contributed by atoms with Crippen LogP contribution < -0.4 is 10.2 Å². The summed E-state index contributed by atoms with van der Waals surface area (Å²) in [5, 5.41) is 12.3. The van der Waals surface area contributed by atoms with Gasteiger partial charge in [-0.25, -0.2) is 4.90 Å². The van der Waals surface area contributed by atoms with Crippen LogP contribution in [0.5, 0.6) is 5.75 Å². The number of imide groups is 1. The molecule has 1 aliphatic heterocycles. The van der Waals surface area contributed by atoms with E-state index in [-0.39, 0.29) is 24.0 Å². The molecule has 0 bridgehead atoms. The van der Waals surface area contributed by atoms with Crippen molar-refractivity contribution < 1.29 is 14.7 Å². The van der Waals surface area contributed by atoms with Crippen LogP contribution in [-0.2, 0) is 9.59 Å². The SMILES string of the molecule is O=C1C[C@H](Nc2ccc(O)cc2)C(=O)N1c1ccccc1. The standard InChI is InChI=1S/C16H14N2O3/c19-13-8-6-11(7-9-13)17-14-10-15(20)18(16(14)21)12-4-2-1-3-5-12/h1-9,14,17,19H,10H2/t14-/m0/s1. The Balaban J connectivity index is 1.79. The molecule has 5 nitrogen and oxygen atoms in total. The first-order valence-corrected chi connectivity index (χ1v) is 6.62. The Morgan fingerprint density at radius 2 is 1.67 bits per heavy atom. The van der Waals surface area contributed by atoms with Gasteiger partial charge in [0.25, 0.3) is 5.91 Å². The topological polar surface area (TPSA) is 69.6 Å². The van der Waals surface area contributed by atoms with E-state index in [0.717, 1.165) is 0 Å². The zero-order valence-corrected chi connectivity index (χ0v) is 11.2. The van der Waals surface area contributed by atoms with Gasteiger partial charge >= 0.3 is 0 Å². The van der Waals surface area contributed by atoms with Crippen molar-refractivity contribution in [3.63, 3.8) is 0 Å². The van der Waals surface area contributed by atoms with Crippen LogP contribution in [0, 0.1) is 0 Å². The first-order valence-electron chi connectivity index (χ1n) is 6.62. The number of aromatic hydroxyl groups is 1. The lowest BCUT2D eigenvalue weighted by Gasteiger charge is -2.16. The van der Waals surface area contributed by atoms with Crippen molar-refractivity contribution in [1.29, 1.82) is 0 Å². The van der Waals surface area contributed by atoms with Crippen molar-refractivity contribution >= 4 is 23.2 Å². The highest BCUT2D eigenvalue weighted by Crippen LogP contribution is 2.25. The number of phenols is 1. The van der Waals surface area contributed by atoms with Gasteiger partial charge in [0.2, 0.25) is 5.91 Å². The van der Waals surface area contributed by atoms with Crippen molar-refractivity contribution in [2.24, 2.45) is 0 Å². The van der Waals surface area contributed by atoms with E-state index >= 15 is 0 Å². The fourth-order valence-corrected chi connectivity index (χ4v) is 2.35. The van der Waals surface area contributed by atoms with Gasteiger partial charge in [0, 0.05) is 5.69 Å². The molecule has 1 heterocycles. The molecule has 1 saturated heterocycles. The summed E-state index contributed by atoms with van der Waals surface area (Å²) in [7, 11) is 0. The summed E-state index contributed by atoms with van der Waals surface area (Å²) in [6, 6.07) is 14.7. The van der Waals surface area contributed by atoms with Crippen molar-refractivity contribution in [1.82, 2.24) is 0 Å². The minimum absolute atomic E-state index is 0.120. The Morgan fingerprint density at radius 1 is 1.00 bits per heavy atom. The summed E-state index contributed by atoms with van der Waals surface area (Å²) in [4.78, 5) is 25.7. The fraction of sp³-hybridized carbons (Fsp3) is 0.125. The molecule has 106 valence electrons. The van der Waals surface area contributed by atoms with Crippen LogP contribution in [0.15, 0.2) is 54.6 Å². The minimum atomic E-state index is -0.581. The number of hydrogen-bond acceptors (Lipinski definition) is 4. The van der Waals surface area contributed by atoms with E-state index in [9.17, 15) is 14.7 Å². The van der Waals surface area contributed by atoms with E-state index in [1.54, 1.807) is 36.4 Å². The minimum Gasteiger partial charge on any atom is -0.508 e. The van der Waals surface area contributed by atoms with Gasteiger partial charge in [-0.05, 0) is 36.4 Å². The molecule has 0 aromatic heterocycles. The molecule has 5 heteroatoms. The first kappa shape index (κ1) is 13.2. The van der Waals surface area contributed by atoms with E-state index in [1.807, 2.05) is 6.07 Å². The van der Waals surface area contributed by atoms with Crippen LogP contribution in [0.3, 0.4) is 0 Å². The molecule has 0 aliphatic carbocycles. The fourth-order valence-electron chi connectivity index (χ4n) is 2.35. The number of carbonyl (C=O) groups excluding carboxylic acids is 2. The molecule has 3 rings (SSSR count). The molecule has 1 atom stereocenters. The molecule has 0 spiro atoms. The molecular formula is C16H14N2O3. The maximum Gasteiger partial charge on any atom is 0.256 e. The van der Waals surface area contributed by atoms with Crippen LogP contribution in [-0.4, -0.2) is 23.0 Å². The average Bonchev–Trinajstić information content (AvgIpc) is 2.77. The van der Waals surface area contributed by atoms with E-state index in [0.29, 0.717) is 11.4 Å². The molecule has 2 amide bonds. The lowest BCUT2D eigenvalue weighted by Crippen LogP contribution is -2.34. The van der Waals surface area contributed by atoms with E-state index < -0.39 is 6.04 Å². The Kier molecular flexibility index (Phi) is 3.31. The third-order valence-electron chi connectivity index (χ3n) is 3.37. The lowest BCUT2D eigenvalue weighted by atomic mass is 10.2. The highest BCUT2D eigenvalue weighted by Gasteiger charge is 2.39. The number of hydrogen-bond donors (Lipinski definition) is 2. The van der Waals surface area contributed by atoms with E-state index in [1.165, 1.54) is 17.0 Å². The van der Waals surface area contributed by atoms with Crippen molar-refractivity contribution in [3.05, 3.63) is 54.6 Å². The molecule has 2 aromatic rings. The predicted molar refractivity (Wildman–Crippen MR) is 79.1 cm³/mol. The highest BCUT2D eigenvalue weighted by molar-refractivity contribution is 6.23. The number of benzene rings is 2. The summed E-state index contributed by atoms with van der Waals surface area (Å²) in [5.74, 6) is -0.331. The molecule has 1 aliphatic rings. The Morgan fingerprint density at radius 3 is 2.33 bits per heavy atom. The smallest absolute Gasteiger partial charge is 0.256 e. The largest absolute Gasteiger partial charge is 0.508 e. The van der Waals surface area contributed by atoms with Crippen molar-refractivity contribution in [3.8, 4) is 5.75 Å². The van der Waals surface area contributed by atoms with Crippen LogP contribution >= 0.6 is 0 Å². The first-order chi connectivity index (χ1) is 10.1. The maximum atomic E-state index is 12.4. The Labute approximate surface area is 121 Å². The molecule has 2 N–H and O–H groups in total. The van der Waals surface area contributed by atoms with Gasteiger partial charge in [0.05, 0.1) is 12.1 Å². The van der Waals surface area contributed by atoms with Crippen LogP contribution in [0.4, 0.5) is 11.4 Å². The van der Waals surface area contributed by atoms with Crippen LogP contribution in [0.1, 0.15) is 6.42 Å². The van der Waals surface area contributed by atoms with Gasteiger partial charge in [0.1, 0.15) is 11.8 Å². The molecule has 2 aromatic carbocycles. The molecular weight excluding hydrogens is 268 g/mol. The maximum absolute atomic E-state index is 12.4. The summed E-state index contributed by atoms with van der Waals surface area (Å²) >= 11 is 0. The quantitative estimate of drug-likeness (QED) is 0.668. The van der Waals surface area contributed by atoms with Gasteiger partial charge < -0.3 is 10.4 Å². The third kappa shape index (κ3) is 2.58. The number of anilines is 2. The summed E-state index contributed by atoms with van der Waals surface area (Å²) in [6.07, 6.45) is 0.120. The van der Waals surface area contributed by atoms with Crippen molar-refractivity contribution in [2.75, 3.05) is 10.2 Å². The second-order valence-electron chi connectivity index (χ2n) is 4.85. The second-order valence-corrected chi connectivity index (χ2v) is 4.85. The summed E-state index contributed by atoms with van der Waals surface area (Å²) in [6.45, 7) is 0. The van der Waals surface area contributed by atoms with Crippen molar-refractivity contribution in [2.45, 2.75) is 12.5 Å². The molecule has 0 unspecified atom stereocenters. The number of para-hydroxylation sites is 1. The van der Waals surface area contributed by atoms with Gasteiger partial charge in [0.15, 0.2) is 0 Å². The predicted octanol–water partition coefficient (Wildman–Crippen LogP) is 2.14. The summed E-state index contributed by atoms with van der Waals surface area (Å²) in [5.41, 5.74) is 1.27. The van der Waals surface area contributed by atoms with Crippen LogP contribution in [0.2, 0.25) is 0 Å². The zero-order valence-electron chi connectivity index (χ0n) is 11.2. The van der Waals surface area contributed by atoms with E-state index in [4.69, 9.17) is 0 Å². The normalized spacial score (nSPS) is 18.1. The van der Waals surface area contributed by atoms with Gasteiger partial charge in [-0.1, -0.05) is 18.2 Å². The molecule has 1 fully saturated rings. The van der Waals surface area contributed by atoms with Gasteiger partial charge in [-0.3, -0.25) is 9.59 Å². The number of amides is 2. The van der Waals surface area contributed by atoms with Gasteiger partial charge in [-0.2, -0.15) is 0 Å². The number of nitrogens with zero attached hydrogens (tertiary/aromatic N) is 1. The molecule has 21 heavy (non-hydrogen) atoms. The second kappa shape index (κ2) is 5.28. The van der Waals surface area contributed by atoms with Gasteiger partial charge in [-0.15, -0.1) is 0 Å². The Bertz CT molecular complexity index is 668. The third-order valence-corrected chi connectivity index (χ3v) is 3.37. The number of phenolic OH excluding ortho intramolecular Hbond substituents is 1.